The summed E-state index contributed by atoms with van der Waals surface area (Å²) in [5, 5.41) is 9.10. The van der Waals surface area contributed by atoms with E-state index in [9.17, 15) is 4.79 Å². The van der Waals surface area contributed by atoms with Crippen molar-refractivity contribution < 1.29 is 4.79 Å². The zero-order chi connectivity index (χ0) is 13.7. The molecule has 0 aliphatic heterocycles. The van der Waals surface area contributed by atoms with Crippen LogP contribution in [0.3, 0.4) is 0 Å². The predicted octanol–water partition coefficient (Wildman–Crippen LogP) is 2.10. The van der Waals surface area contributed by atoms with Gasteiger partial charge >= 0.3 is 0 Å². The van der Waals surface area contributed by atoms with Crippen LogP contribution in [0.15, 0.2) is 29.6 Å². The minimum atomic E-state index is -0.0579. The molecule has 19 heavy (non-hydrogen) atoms. The highest BCUT2D eigenvalue weighted by Gasteiger charge is 2.02. The van der Waals surface area contributed by atoms with Gasteiger partial charge in [-0.3, -0.25) is 4.79 Å². The fourth-order valence-corrected chi connectivity index (χ4v) is 2.36. The zero-order valence-electron chi connectivity index (χ0n) is 11.1. The van der Waals surface area contributed by atoms with Crippen LogP contribution in [0.1, 0.15) is 26.6 Å². The molecule has 0 radical (unpaired) electrons. The Hall–Kier alpha value is -1.72. The van der Waals surface area contributed by atoms with Crippen molar-refractivity contribution in [2.45, 2.75) is 20.0 Å². The van der Waals surface area contributed by atoms with E-state index in [4.69, 9.17) is 0 Å². The molecular weight excluding hydrogens is 258 g/mol. The molecule has 0 bridgehead atoms. The summed E-state index contributed by atoms with van der Waals surface area (Å²) in [6.07, 6.45) is 0. The van der Waals surface area contributed by atoms with Crippen LogP contribution in [-0.2, 0) is 13.1 Å². The fraction of sp³-hybridized carbons (Fsp3) is 0.286. The summed E-state index contributed by atoms with van der Waals surface area (Å²) in [6, 6.07) is 7.60. The van der Waals surface area contributed by atoms with Gasteiger partial charge in [-0.1, -0.05) is 12.1 Å². The van der Waals surface area contributed by atoms with Gasteiger partial charge in [0, 0.05) is 31.1 Å². The smallest absolute Gasteiger partial charge is 0.251 e. The number of hydrogen-bond donors (Lipinski definition) is 2. The number of carbonyl (C=O) groups excluding carboxylic acids is 1. The Kier molecular flexibility index (Phi) is 4.65. The molecule has 0 fully saturated rings. The number of carbonyl (C=O) groups is 1. The van der Waals surface area contributed by atoms with Crippen molar-refractivity contribution >= 4 is 17.2 Å². The third-order valence-corrected chi connectivity index (χ3v) is 3.57. The third-order valence-electron chi connectivity index (χ3n) is 2.75. The van der Waals surface area contributed by atoms with E-state index in [-0.39, 0.29) is 5.91 Å². The highest BCUT2D eigenvalue weighted by molar-refractivity contribution is 7.09. The van der Waals surface area contributed by atoms with Crippen LogP contribution >= 0.6 is 11.3 Å². The number of thiazole rings is 1. The summed E-state index contributed by atoms with van der Waals surface area (Å²) in [6.45, 7) is 3.54. The summed E-state index contributed by atoms with van der Waals surface area (Å²) < 4.78 is 0. The normalized spacial score (nSPS) is 10.4. The second-order valence-electron chi connectivity index (χ2n) is 4.24. The first-order chi connectivity index (χ1) is 9.19. The van der Waals surface area contributed by atoms with Crippen molar-refractivity contribution in [1.29, 1.82) is 0 Å². The lowest BCUT2D eigenvalue weighted by Gasteiger charge is -2.04. The first-order valence-electron chi connectivity index (χ1n) is 6.12. The van der Waals surface area contributed by atoms with Crippen molar-refractivity contribution in [3.05, 3.63) is 51.5 Å². The molecule has 0 saturated heterocycles. The fourth-order valence-electron chi connectivity index (χ4n) is 1.74. The van der Waals surface area contributed by atoms with E-state index < -0.39 is 0 Å². The molecule has 5 heteroatoms. The average molecular weight is 275 g/mol. The molecule has 1 aromatic heterocycles. The summed E-state index contributed by atoms with van der Waals surface area (Å²) in [5.74, 6) is -0.0579. The van der Waals surface area contributed by atoms with Gasteiger partial charge in [-0.25, -0.2) is 4.98 Å². The number of nitrogens with one attached hydrogen (secondary N) is 2. The number of aromatic nitrogens is 1. The Morgan fingerprint density at radius 3 is 2.58 bits per heavy atom. The molecule has 0 unspecified atom stereocenters. The molecular formula is C14H17N3OS. The van der Waals surface area contributed by atoms with Gasteiger partial charge in [0.05, 0.1) is 10.7 Å². The summed E-state index contributed by atoms with van der Waals surface area (Å²) >= 11 is 1.66. The molecule has 0 aliphatic carbocycles. The van der Waals surface area contributed by atoms with Crippen molar-refractivity contribution in [2.75, 3.05) is 7.05 Å². The monoisotopic (exact) mass is 275 g/mol. The maximum Gasteiger partial charge on any atom is 0.251 e. The molecule has 100 valence electrons. The molecule has 0 aliphatic rings. The lowest BCUT2D eigenvalue weighted by molar-refractivity contribution is 0.0963. The molecule has 0 saturated carbocycles. The lowest BCUT2D eigenvalue weighted by atomic mass is 10.1. The third kappa shape index (κ3) is 3.87. The molecule has 2 rings (SSSR count). The van der Waals surface area contributed by atoms with Gasteiger partial charge in [-0.05, 0) is 24.6 Å². The number of aryl methyl sites for hydroxylation is 1. The van der Waals surface area contributed by atoms with Crippen LogP contribution in [0, 0.1) is 6.92 Å². The van der Waals surface area contributed by atoms with Crippen molar-refractivity contribution in [2.24, 2.45) is 0 Å². The maximum atomic E-state index is 11.4. The van der Waals surface area contributed by atoms with Crippen molar-refractivity contribution in [3.8, 4) is 0 Å². The van der Waals surface area contributed by atoms with E-state index >= 15 is 0 Å². The first-order valence-corrected chi connectivity index (χ1v) is 7.00. The summed E-state index contributed by atoms with van der Waals surface area (Å²) in [4.78, 5) is 15.8. The van der Waals surface area contributed by atoms with Crippen LogP contribution in [0.5, 0.6) is 0 Å². The minimum absolute atomic E-state index is 0.0579. The average Bonchev–Trinajstić information content (AvgIpc) is 2.84. The van der Waals surface area contributed by atoms with Gasteiger partial charge in [0.2, 0.25) is 0 Å². The summed E-state index contributed by atoms with van der Waals surface area (Å²) in [7, 11) is 1.63. The van der Waals surface area contributed by atoms with Gasteiger partial charge in [-0.15, -0.1) is 11.3 Å². The Balaban J connectivity index is 1.84. The van der Waals surface area contributed by atoms with E-state index in [1.165, 1.54) is 0 Å². The number of nitrogens with zero attached hydrogens (tertiary/aromatic N) is 1. The van der Waals surface area contributed by atoms with Crippen LogP contribution in [0.4, 0.5) is 0 Å². The van der Waals surface area contributed by atoms with Crippen LogP contribution < -0.4 is 10.6 Å². The number of benzene rings is 1. The van der Waals surface area contributed by atoms with Crippen LogP contribution in [-0.4, -0.2) is 17.9 Å². The van der Waals surface area contributed by atoms with E-state index in [0.717, 1.165) is 29.4 Å². The first kappa shape index (κ1) is 13.7. The summed E-state index contributed by atoms with van der Waals surface area (Å²) in [5.41, 5.74) is 2.91. The molecule has 2 N–H and O–H groups in total. The zero-order valence-corrected chi connectivity index (χ0v) is 11.9. The Morgan fingerprint density at radius 1 is 1.26 bits per heavy atom. The van der Waals surface area contributed by atoms with Crippen LogP contribution in [0.2, 0.25) is 0 Å². The van der Waals surface area contributed by atoms with Crippen molar-refractivity contribution in [1.82, 2.24) is 15.6 Å². The van der Waals surface area contributed by atoms with Crippen LogP contribution in [0.25, 0.3) is 0 Å². The standard InChI is InChI=1S/C14H17N3OS/c1-10-17-13(9-19-10)8-16-7-11-3-5-12(6-4-11)14(18)15-2/h3-6,9,16H,7-8H2,1-2H3,(H,15,18). The SMILES string of the molecule is CNC(=O)c1ccc(CNCc2csc(C)n2)cc1. The minimum Gasteiger partial charge on any atom is -0.355 e. The van der Waals surface area contributed by atoms with Gasteiger partial charge in [-0.2, -0.15) is 0 Å². The van der Waals surface area contributed by atoms with E-state index in [1.807, 2.05) is 31.2 Å². The quantitative estimate of drug-likeness (QED) is 0.878. The van der Waals surface area contributed by atoms with Crippen molar-refractivity contribution in [3.63, 3.8) is 0 Å². The van der Waals surface area contributed by atoms with Gasteiger partial charge in [0.15, 0.2) is 0 Å². The molecule has 2 aromatic rings. The Labute approximate surface area is 116 Å². The number of hydrogen-bond acceptors (Lipinski definition) is 4. The Bertz CT molecular complexity index is 548. The van der Waals surface area contributed by atoms with Gasteiger partial charge in [0.25, 0.3) is 5.91 Å². The second-order valence-corrected chi connectivity index (χ2v) is 5.30. The number of amides is 1. The highest BCUT2D eigenvalue weighted by Crippen LogP contribution is 2.08. The molecule has 0 atom stereocenters. The largest absolute Gasteiger partial charge is 0.355 e. The number of rotatable bonds is 5. The topological polar surface area (TPSA) is 54.0 Å². The molecule has 0 spiro atoms. The Morgan fingerprint density at radius 2 is 2.00 bits per heavy atom. The molecule has 1 amide bonds. The van der Waals surface area contributed by atoms with Gasteiger partial charge < -0.3 is 10.6 Å². The predicted molar refractivity (Wildman–Crippen MR) is 77.2 cm³/mol. The molecule has 1 heterocycles. The molecule has 1 aromatic carbocycles. The van der Waals surface area contributed by atoms with E-state index in [1.54, 1.807) is 18.4 Å². The second kappa shape index (κ2) is 6.45. The van der Waals surface area contributed by atoms with Gasteiger partial charge in [0.1, 0.15) is 0 Å². The van der Waals surface area contributed by atoms with E-state index in [0.29, 0.717) is 5.56 Å². The lowest BCUT2D eigenvalue weighted by Crippen LogP contribution is -2.18. The maximum absolute atomic E-state index is 11.4. The highest BCUT2D eigenvalue weighted by atomic mass is 32.1. The molecule has 4 nitrogen and oxygen atoms in total. The van der Waals surface area contributed by atoms with E-state index in [2.05, 4.69) is 21.0 Å².